The highest BCUT2D eigenvalue weighted by atomic mass is 15.1. The Bertz CT molecular complexity index is 4640. The molecule has 0 bridgehead atoms. The number of nitrogens with zero attached hydrogens (tertiary/aromatic N) is 1. The van der Waals surface area contributed by atoms with Crippen molar-refractivity contribution < 1.29 is 26.0 Å². The highest BCUT2D eigenvalue weighted by molar-refractivity contribution is 6.05. The quantitative estimate of drug-likeness (QED) is 0.154. The number of para-hydroxylation sites is 1. The van der Waals surface area contributed by atoms with E-state index in [0.717, 1.165) is 50.1 Å². The molecule has 1 spiro atoms. The van der Waals surface area contributed by atoms with E-state index in [4.69, 9.17) is 11.0 Å². The Morgan fingerprint density at radius 2 is 0.848 bits per heavy atom. The molecular formula is C65H43N. The van der Waals surface area contributed by atoms with Crippen LogP contribution in [0.15, 0.2) is 260 Å². The van der Waals surface area contributed by atoms with Gasteiger partial charge >= 0.3 is 0 Å². The van der Waals surface area contributed by atoms with Crippen molar-refractivity contribution in [2.45, 2.75) is 5.41 Å². The van der Waals surface area contributed by atoms with Crippen molar-refractivity contribution in [2.75, 3.05) is 4.90 Å². The lowest BCUT2D eigenvalue weighted by Gasteiger charge is -2.32. The third kappa shape index (κ3) is 5.80. The van der Waals surface area contributed by atoms with Crippen LogP contribution in [0.25, 0.3) is 77.5 Å². The Morgan fingerprint density at radius 1 is 0.318 bits per heavy atom. The maximum Gasteiger partial charge on any atom is 0.0726 e. The molecule has 0 atom stereocenters. The molecule has 0 N–H and O–H groups in total. The molecule has 0 heterocycles. The summed E-state index contributed by atoms with van der Waals surface area (Å²) in [6.45, 7) is 0. The molecule has 2 aliphatic carbocycles. The highest BCUT2D eigenvalue weighted by Gasteiger charge is 2.51. The van der Waals surface area contributed by atoms with E-state index in [1.54, 1.807) is 17.0 Å². The van der Waals surface area contributed by atoms with Crippen molar-refractivity contribution in [3.63, 3.8) is 0 Å². The summed E-state index contributed by atoms with van der Waals surface area (Å²) in [7, 11) is 0. The van der Waals surface area contributed by atoms with Gasteiger partial charge in [0.2, 0.25) is 0 Å². The second-order valence-electron chi connectivity index (χ2n) is 16.1. The fraction of sp³-hybridized carbons (Fsp3) is 0.0154. The van der Waals surface area contributed by atoms with Gasteiger partial charge in [0.25, 0.3) is 0 Å². The molecule has 11 aromatic carbocycles. The fourth-order valence-corrected chi connectivity index (χ4v) is 9.96. The van der Waals surface area contributed by atoms with Crippen LogP contribution in [0.2, 0.25) is 0 Å². The molecule has 2 aliphatic rings. The van der Waals surface area contributed by atoms with Crippen molar-refractivity contribution in [3.05, 3.63) is 283 Å². The molecule has 0 saturated carbocycles. The summed E-state index contributed by atoms with van der Waals surface area (Å²) in [5.41, 5.74) is 5.09. The van der Waals surface area contributed by atoms with Crippen LogP contribution in [0.3, 0.4) is 0 Å². The van der Waals surface area contributed by atoms with Gasteiger partial charge in [-0.3, -0.25) is 0 Å². The molecule has 66 heavy (non-hydrogen) atoms. The zero-order valence-electron chi connectivity index (χ0n) is 53.8. The zero-order valence-corrected chi connectivity index (χ0v) is 34.8. The summed E-state index contributed by atoms with van der Waals surface area (Å²) in [6.07, 6.45) is 0. The van der Waals surface area contributed by atoms with Crippen molar-refractivity contribution in [3.8, 4) is 66.8 Å². The predicted molar refractivity (Wildman–Crippen MR) is 277 cm³/mol. The SMILES string of the molecule is [2H]c1c([2H])c([2H])c(-c2c([2H])c([2H])c(-c3c(-c4c([2H])c([2H])c(N(c5ccc6c(c5)C5(c7ccccc7-c7ccccc75)c5ccccc5-6)c5ccccc5-c5ccccc5)c([2H])c4[2H])c([2H])c([2H])c4c([2H])c([2H])c([2H])c([2H])c34)c([2H])c2[2H])c([2H])c1[2H]. The van der Waals surface area contributed by atoms with Crippen molar-refractivity contribution in [1.82, 2.24) is 0 Å². The Balaban J connectivity index is 1.13. The van der Waals surface area contributed by atoms with Gasteiger partial charge in [-0.15, -0.1) is 0 Å². The zero-order chi connectivity index (χ0) is 60.1. The standard InChI is InChI=1S/C65H43N/c1-3-17-44(18-4-1)45-31-33-49(34-32-45)64-53-23-8-7-21-47(53)37-41-54(64)48-35-38-50(39-36-48)66(63-30-16-12-22-52(63)46-19-5-2-6-20-46)51-40-42-58-57-26-11-15-29-61(57)65(62(58)43-51)59-27-13-9-24-55(59)56-25-10-14-28-60(56)65/h1-43H/i1D,3D,4D,7D,8D,17D,18D,21D,23D,31D,32D,33D,34D,35D,36D,37D,38D,39D,41D. The van der Waals surface area contributed by atoms with Crippen LogP contribution in [0.1, 0.15) is 48.3 Å². The number of fused-ring (bicyclic) bond motifs is 11. The Hall–Kier alpha value is -8.52. The first-order valence-electron chi connectivity index (χ1n) is 30.9. The van der Waals surface area contributed by atoms with E-state index in [9.17, 15) is 15.1 Å². The normalized spacial score (nSPS) is 16.7. The van der Waals surface area contributed by atoms with Crippen LogP contribution >= 0.6 is 0 Å². The molecule has 0 aliphatic heterocycles. The molecule has 0 amide bonds. The van der Waals surface area contributed by atoms with Crippen LogP contribution < -0.4 is 4.90 Å². The lowest BCUT2D eigenvalue weighted by molar-refractivity contribution is 0.793. The number of hydrogen-bond donors (Lipinski definition) is 0. The number of anilines is 3. The Morgan fingerprint density at radius 3 is 1.53 bits per heavy atom. The summed E-state index contributed by atoms with van der Waals surface area (Å²) in [6, 6.07) is 31.4. The fourth-order valence-electron chi connectivity index (χ4n) is 9.96. The molecule has 308 valence electrons. The van der Waals surface area contributed by atoms with E-state index in [1.807, 2.05) is 97.1 Å². The first-order valence-corrected chi connectivity index (χ1v) is 21.4. The third-order valence-electron chi connectivity index (χ3n) is 12.7. The maximum absolute atomic E-state index is 10.2. The second kappa shape index (κ2) is 15.3. The first-order chi connectivity index (χ1) is 40.7. The van der Waals surface area contributed by atoms with Crippen LogP contribution in [0, 0.1) is 0 Å². The lowest BCUT2D eigenvalue weighted by atomic mass is 9.70. The van der Waals surface area contributed by atoms with Gasteiger partial charge in [0.15, 0.2) is 0 Å². The van der Waals surface area contributed by atoms with Crippen LogP contribution in [0.4, 0.5) is 17.1 Å². The van der Waals surface area contributed by atoms with E-state index in [1.165, 1.54) is 0 Å². The molecule has 1 nitrogen and oxygen atoms in total. The monoisotopic (exact) mass is 856 g/mol. The molecule has 13 rings (SSSR count). The molecule has 0 unspecified atom stereocenters. The van der Waals surface area contributed by atoms with E-state index in [2.05, 4.69) is 36.4 Å². The molecule has 0 saturated heterocycles. The Kier molecular flexibility index (Phi) is 5.44. The molecule has 0 radical (unpaired) electrons. The van der Waals surface area contributed by atoms with Crippen molar-refractivity contribution in [2.24, 2.45) is 0 Å². The highest BCUT2D eigenvalue weighted by Crippen LogP contribution is 2.63. The van der Waals surface area contributed by atoms with Crippen LogP contribution in [-0.2, 0) is 5.41 Å². The summed E-state index contributed by atoms with van der Waals surface area (Å²) in [5.74, 6) is 0. The van der Waals surface area contributed by atoms with Gasteiger partial charge in [0, 0.05) is 16.9 Å². The van der Waals surface area contributed by atoms with Gasteiger partial charge in [0.1, 0.15) is 0 Å². The minimum atomic E-state index is -0.977. The van der Waals surface area contributed by atoms with Gasteiger partial charge in [-0.25, -0.2) is 0 Å². The first kappa shape index (κ1) is 23.4. The van der Waals surface area contributed by atoms with Gasteiger partial charge in [-0.1, -0.05) is 230 Å². The van der Waals surface area contributed by atoms with Gasteiger partial charge < -0.3 is 4.90 Å². The minimum absolute atomic E-state index is 0.257. The van der Waals surface area contributed by atoms with Gasteiger partial charge in [-0.2, -0.15) is 0 Å². The van der Waals surface area contributed by atoms with E-state index in [0.29, 0.717) is 16.9 Å². The van der Waals surface area contributed by atoms with Gasteiger partial charge in [-0.05, 0) is 125 Å². The van der Waals surface area contributed by atoms with Crippen LogP contribution in [-0.4, -0.2) is 0 Å². The summed E-state index contributed by atoms with van der Waals surface area (Å²) < 4.78 is 176. The third-order valence-corrected chi connectivity index (χ3v) is 12.7. The van der Waals surface area contributed by atoms with Crippen LogP contribution in [0.5, 0.6) is 0 Å². The van der Waals surface area contributed by atoms with Crippen molar-refractivity contribution >= 4 is 27.8 Å². The minimum Gasteiger partial charge on any atom is -0.310 e. The topological polar surface area (TPSA) is 3.24 Å². The maximum atomic E-state index is 10.2. The average molecular weight is 857 g/mol. The molecule has 0 aromatic heterocycles. The number of hydrogen-bond acceptors (Lipinski definition) is 1. The summed E-state index contributed by atoms with van der Waals surface area (Å²) in [5, 5.41) is -1.18. The van der Waals surface area contributed by atoms with Gasteiger partial charge in [0.05, 0.1) is 37.1 Å². The predicted octanol–water partition coefficient (Wildman–Crippen LogP) is 17.3. The van der Waals surface area contributed by atoms with Crippen molar-refractivity contribution in [1.29, 1.82) is 0 Å². The molecule has 0 fully saturated rings. The summed E-state index contributed by atoms with van der Waals surface area (Å²) >= 11 is 0. The largest absolute Gasteiger partial charge is 0.310 e. The summed E-state index contributed by atoms with van der Waals surface area (Å²) in [4.78, 5) is 1.66. The lowest BCUT2D eigenvalue weighted by Crippen LogP contribution is -2.26. The molecular weight excluding hydrogens is 795 g/mol. The second-order valence-corrected chi connectivity index (χ2v) is 16.1. The molecule has 1 heteroatoms. The van der Waals surface area contributed by atoms with E-state index in [-0.39, 0.29) is 5.69 Å². The average Bonchev–Trinajstić information content (AvgIpc) is 1.60. The van der Waals surface area contributed by atoms with E-state index >= 15 is 0 Å². The molecule has 11 aromatic rings. The smallest absolute Gasteiger partial charge is 0.0726 e. The Labute approximate surface area is 412 Å². The number of benzene rings is 11. The number of rotatable bonds is 7. The van der Waals surface area contributed by atoms with E-state index < -0.39 is 164 Å².